The molecule has 1 aromatic rings. The number of hydrogen-bond acceptors (Lipinski definition) is 6. The summed E-state index contributed by atoms with van der Waals surface area (Å²) in [7, 11) is 3.00. The van der Waals surface area contributed by atoms with Crippen molar-refractivity contribution in [2.24, 2.45) is 0 Å². The minimum absolute atomic E-state index is 0.174. The normalized spacial score (nSPS) is 9.27. The minimum atomic E-state index is -0.468. The van der Waals surface area contributed by atoms with Gasteiger partial charge in [0.2, 0.25) is 6.41 Å². The van der Waals surface area contributed by atoms with Crippen LogP contribution in [0, 0.1) is 0 Å². The summed E-state index contributed by atoms with van der Waals surface area (Å²) in [6.07, 6.45) is 2.07. The maximum atomic E-state index is 11.4. The van der Waals surface area contributed by atoms with Gasteiger partial charge in [-0.1, -0.05) is 27.7 Å². The number of aromatic amines is 1. The van der Waals surface area contributed by atoms with Crippen LogP contribution >= 0.6 is 0 Å². The van der Waals surface area contributed by atoms with Crippen molar-refractivity contribution in [3.63, 3.8) is 0 Å². The average molecular weight is 383 g/mol. The third-order valence-electron chi connectivity index (χ3n) is 2.32. The Morgan fingerprint density at radius 1 is 1.27 bits per heavy atom. The number of rotatable bonds is 8. The molecular weight excluding hydrogens is 349 g/mol. The number of nitrogens with zero attached hydrogens (tertiary/aromatic N) is 1. The molecule has 0 aliphatic heterocycles. The van der Waals surface area contributed by atoms with Crippen molar-refractivity contribution < 1.29 is 23.9 Å². The van der Waals surface area contributed by atoms with Crippen LogP contribution in [0.15, 0.2) is 21.9 Å². The Morgan fingerprint density at radius 3 is 2.23 bits per heavy atom. The fraction of sp³-hybridized carbons (Fsp3) is 0.688. The van der Waals surface area contributed by atoms with Gasteiger partial charge in [-0.3, -0.25) is 23.8 Å². The largest absolute Gasteiger partial charge is 0.400 e. The molecule has 0 saturated heterocycles. The van der Waals surface area contributed by atoms with Gasteiger partial charge in [-0.15, -0.1) is 0 Å². The van der Waals surface area contributed by atoms with Crippen LogP contribution in [0.1, 0.15) is 34.1 Å². The number of nitrogens with one attached hydrogen (secondary N) is 2. The van der Waals surface area contributed by atoms with Gasteiger partial charge < -0.3 is 14.4 Å². The molecule has 0 bridgehead atoms. The Hall–Kier alpha value is -2.04. The number of methoxy groups -OCH3 is 1. The Balaban J connectivity index is -0.000000266. The lowest BCUT2D eigenvalue weighted by Crippen LogP contribution is -2.31. The number of ether oxygens (including phenoxy) is 1. The first kappa shape index (κ1) is 31.7. The number of H-pyrrole nitrogens is 1. The number of aliphatic hydroxyl groups is 1. The SMILES string of the molecule is CC.CC.CF.CO.COC(CCn1ccc(=O)[nH]c1=O)CONC=O. The molecule has 10 heteroatoms. The molecule has 1 unspecified atom stereocenters. The molecule has 0 spiro atoms. The van der Waals surface area contributed by atoms with Gasteiger partial charge in [-0.2, -0.15) is 0 Å². The summed E-state index contributed by atoms with van der Waals surface area (Å²) in [5.74, 6) is 0. The van der Waals surface area contributed by atoms with E-state index in [1.807, 2.05) is 27.7 Å². The molecular formula is C16H34FN3O6. The van der Waals surface area contributed by atoms with Gasteiger partial charge in [-0.05, 0) is 6.42 Å². The smallest absolute Gasteiger partial charge is 0.328 e. The Bertz CT molecular complexity index is 493. The van der Waals surface area contributed by atoms with Crippen LogP contribution in [0.3, 0.4) is 0 Å². The van der Waals surface area contributed by atoms with Gasteiger partial charge in [0.15, 0.2) is 0 Å². The number of carbonyl (C=O) groups excluding carboxylic acids is 1. The molecule has 0 saturated carbocycles. The van der Waals surface area contributed by atoms with Crippen molar-refractivity contribution in [3.05, 3.63) is 33.1 Å². The summed E-state index contributed by atoms with van der Waals surface area (Å²) in [6.45, 7) is 8.55. The fourth-order valence-corrected chi connectivity index (χ4v) is 1.35. The van der Waals surface area contributed by atoms with Gasteiger partial charge in [-0.25, -0.2) is 10.3 Å². The topological polar surface area (TPSA) is 123 Å². The van der Waals surface area contributed by atoms with E-state index < -0.39 is 11.2 Å². The van der Waals surface area contributed by atoms with Crippen molar-refractivity contribution in [3.8, 4) is 0 Å². The van der Waals surface area contributed by atoms with Crippen molar-refractivity contribution in [1.29, 1.82) is 0 Å². The second-order valence-corrected chi connectivity index (χ2v) is 3.50. The number of alkyl halides is 1. The highest BCUT2D eigenvalue weighted by atomic mass is 19.1. The second-order valence-electron chi connectivity index (χ2n) is 3.50. The van der Waals surface area contributed by atoms with E-state index in [0.717, 1.165) is 7.11 Å². The molecule has 1 heterocycles. The van der Waals surface area contributed by atoms with Crippen molar-refractivity contribution in [1.82, 2.24) is 15.0 Å². The summed E-state index contributed by atoms with van der Waals surface area (Å²) >= 11 is 0. The summed E-state index contributed by atoms with van der Waals surface area (Å²) in [5.41, 5.74) is 1.15. The van der Waals surface area contributed by atoms with Crippen molar-refractivity contribution in [2.45, 2.75) is 46.8 Å². The molecule has 0 aromatic carbocycles. The van der Waals surface area contributed by atoms with Crippen LogP contribution in [0.2, 0.25) is 0 Å². The second kappa shape index (κ2) is 27.8. The van der Waals surface area contributed by atoms with Crippen molar-refractivity contribution in [2.75, 3.05) is 28.0 Å². The third kappa shape index (κ3) is 18.3. The van der Waals surface area contributed by atoms with Crippen molar-refractivity contribution >= 4 is 6.41 Å². The molecule has 0 aliphatic rings. The van der Waals surface area contributed by atoms with Crippen LogP contribution in [-0.4, -0.2) is 55.2 Å². The predicted octanol–water partition coefficient (Wildman–Crippen LogP) is 0.866. The van der Waals surface area contributed by atoms with Crippen LogP contribution in [0.5, 0.6) is 0 Å². The summed E-state index contributed by atoms with van der Waals surface area (Å²) in [6, 6.07) is 1.27. The standard InChI is InChI=1S/C10H15N3O5.2C2H6.CH3F.CH4O/c1-17-8(6-18-11-7-14)2-4-13-5-3-9(15)12-10(13)16;4*1-2/h3,5,7-8H,2,4,6H2,1H3,(H,11,14)(H,12,15,16);2*1-2H3;1H3;2H,1H3. The van der Waals surface area contributed by atoms with Gasteiger partial charge in [0.05, 0.1) is 13.3 Å². The fourth-order valence-electron chi connectivity index (χ4n) is 1.35. The van der Waals surface area contributed by atoms with E-state index in [1.165, 1.54) is 23.9 Å². The van der Waals surface area contributed by atoms with Gasteiger partial charge in [0, 0.05) is 33.0 Å². The summed E-state index contributed by atoms with van der Waals surface area (Å²) in [5, 5.41) is 7.00. The number of carbonyl (C=O) groups is 1. The summed E-state index contributed by atoms with van der Waals surface area (Å²) < 4.78 is 16.0. The van der Waals surface area contributed by atoms with Crippen LogP contribution in [0.25, 0.3) is 0 Å². The van der Waals surface area contributed by atoms with E-state index in [-0.39, 0.29) is 12.7 Å². The highest BCUT2D eigenvalue weighted by molar-refractivity contribution is 5.43. The van der Waals surface area contributed by atoms with E-state index in [2.05, 4.69) is 10.5 Å². The number of aliphatic hydroxyl groups excluding tert-OH is 1. The van der Waals surface area contributed by atoms with E-state index in [1.54, 1.807) is 0 Å². The lowest BCUT2D eigenvalue weighted by atomic mass is 10.2. The van der Waals surface area contributed by atoms with Crippen LogP contribution < -0.4 is 16.7 Å². The highest BCUT2D eigenvalue weighted by Gasteiger charge is 2.08. The molecule has 26 heavy (non-hydrogen) atoms. The number of amides is 1. The lowest BCUT2D eigenvalue weighted by molar-refractivity contribution is -0.124. The zero-order valence-corrected chi connectivity index (χ0v) is 16.7. The van der Waals surface area contributed by atoms with E-state index in [0.29, 0.717) is 26.6 Å². The number of halogens is 1. The highest BCUT2D eigenvalue weighted by Crippen LogP contribution is 1.99. The number of aryl methyl sites for hydroxylation is 1. The quantitative estimate of drug-likeness (QED) is 0.348. The molecule has 1 rings (SSSR count). The number of hydrogen-bond donors (Lipinski definition) is 3. The van der Waals surface area contributed by atoms with E-state index >= 15 is 0 Å². The maximum absolute atomic E-state index is 11.4. The van der Waals surface area contributed by atoms with E-state index in [9.17, 15) is 18.8 Å². The summed E-state index contributed by atoms with van der Waals surface area (Å²) in [4.78, 5) is 39.1. The first-order valence-electron chi connectivity index (χ1n) is 8.13. The molecule has 9 nitrogen and oxygen atoms in total. The predicted molar refractivity (Wildman–Crippen MR) is 99.8 cm³/mol. The number of aromatic nitrogens is 2. The molecule has 0 fully saturated rings. The molecule has 1 atom stereocenters. The van der Waals surface area contributed by atoms with Gasteiger partial charge in [0.1, 0.15) is 6.61 Å². The zero-order chi connectivity index (χ0) is 21.4. The molecule has 0 radical (unpaired) electrons. The monoisotopic (exact) mass is 383 g/mol. The van der Waals surface area contributed by atoms with Crippen LogP contribution in [0.4, 0.5) is 4.39 Å². The zero-order valence-electron chi connectivity index (χ0n) is 16.7. The molecule has 1 amide bonds. The first-order valence-corrected chi connectivity index (χ1v) is 8.13. The maximum Gasteiger partial charge on any atom is 0.328 e. The Kier molecular flexibility index (Phi) is 33.9. The molecule has 0 aliphatic carbocycles. The lowest BCUT2D eigenvalue weighted by Gasteiger charge is -2.15. The van der Waals surface area contributed by atoms with E-state index in [4.69, 9.17) is 14.7 Å². The van der Waals surface area contributed by atoms with Gasteiger partial charge >= 0.3 is 5.69 Å². The third-order valence-corrected chi connectivity index (χ3v) is 2.32. The molecule has 1 aromatic heterocycles. The van der Waals surface area contributed by atoms with Crippen LogP contribution in [-0.2, 0) is 20.9 Å². The number of hydroxylamine groups is 1. The Morgan fingerprint density at radius 2 is 1.81 bits per heavy atom. The molecule has 3 N–H and O–H groups in total. The van der Waals surface area contributed by atoms with Gasteiger partial charge in [0.25, 0.3) is 5.56 Å². The average Bonchev–Trinajstić information content (AvgIpc) is 2.72. The minimum Gasteiger partial charge on any atom is -0.400 e. The Labute approximate surface area is 154 Å². The first-order chi connectivity index (χ1) is 12.7. The molecule has 156 valence electrons.